The zero-order valence-corrected chi connectivity index (χ0v) is 14.7. The van der Waals surface area contributed by atoms with Crippen LogP contribution < -0.4 is 0 Å². The number of fused-ring (bicyclic) bond motifs is 3. The molecule has 0 spiro atoms. The third-order valence-electron chi connectivity index (χ3n) is 5.84. The summed E-state index contributed by atoms with van der Waals surface area (Å²) in [6.45, 7) is 1.97. The molecule has 1 aromatic rings. The molecule has 3 aliphatic rings. The Balaban J connectivity index is 1.68. The Morgan fingerprint density at radius 2 is 2.19 bits per heavy atom. The van der Waals surface area contributed by atoms with Crippen LogP contribution in [0.1, 0.15) is 67.7 Å². The lowest BCUT2D eigenvalue weighted by atomic mass is 9.77. The highest BCUT2D eigenvalue weighted by Gasteiger charge is 2.38. The van der Waals surface area contributed by atoms with E-state index in [9.17, 15) is 9.50 Å². The molecular weight excluding hydrogens is 330 g/mol. The fourth-order valence-corrected chi connectivity index (χ4v) is 4.45. The van der Waals surface area contributed by atoms with Gasteiger partial charge in [0.25, 0.3) is 0 Å². The van der Waals surface area contributed by atoms with E-state index in [1.807, 2.05) is 6.92 Å². The smallest absolute Gasteiger partial charge is 0.114 e. The van der Waals surface area contributed by atoms with E-state index in [4.69, 9.17) is 13.1 Å². The van der Waals surface area contributed by atoms with Gasteiger partial charge in [-0.1, -0.05) is 5.47 Å². The van der Waals surface area contributed by atoms with E-state index in [1.165, 1.54) is 6.08 Å². The fourth-order valence-electron chi connectivity index (χ4n) is 4.45. The first-order chi connectivity index (χ1) is 12.4. The van der Waals surface area contributed by atoms with Crippen molar-refractivity contribution in [3.05, 3.63) is 40.3 Å². The molecule has 2 heterocycles. The normalized spacial score (nSPS) is 30.5. The minimum Gasteiger partial charge on any atom is -0.389 e. The molecule has 4 rings (SSSR count). The summed E-state index contributed by atoms with van der Waals surface area (Å²) >= 11 is 0. The molecule has 26 heavy (non-hydrogen) atoms. The van der Waals surface area contributed by atoms with Crippen molar-refractivity contribution in [1.82, 2.24) is 9.55 Å². The van der Waals surface area contributed by atoms with Crippen LogP contribution in [0.2, 0.25) is 0 Å². The number of aryl methyl sites for hydroxylation is 1. The van der Waals surface area contributed by atoms with Crippen LogP contribution in [0.5, 0.6) is 0 Å². The van der Waals surface area contributed by atoms with Crippen LogP contribution in [0.15, 0.2) is 28.1 Å². The third kappa shape index (κ3) is 2.73. The largest absolute Gasteiger partial charge is 0.389 e. The van der Waals surface area contributed by atoms with Crippen LogP contribution in [-0.2, 0) is 0 Å². The Kier molecular flexibility index (Phi) is 4.11. The topological polar surface area (TPSA) is 74.2 Å². The number of nitriles is 1. The van der Waals surface area contributed by atoms with Crippen LogP contribution in [0, 0.1) is 18.3 Å². The average Bonchev–Trinajstić information content (AvgIpc) is 2.93. The molecule has 5 nitrogen and oxygen atoms in total. The Hall–Kier alpha value is -2.20. The highest BCUT2D eigenvalue weighted by molar-refractivity contribution is 6.22. The van der Waals surface area contributed by atoms with Gasteiger partial charge >= 0.3 is 0 Å². The van der Waals surface area contributed by atoms with Crippen molar-refractivity contribution in [2.24, 2.45) is 4.99 Å². The maximum atomic E-state index is 13.9. The van der Waals surface area contributed by atoms with Gasteiger partial charge in [-0.3, -0.25) is 4.99 Å². The summed E-state index contributed by atoms with van der Waals surface area (Å²) in [6.07, 6.45) is 6.44. The Morgan fingerprint density at radius 3 is 2.88 bits per heavy atom. The average molecular weight is 350 g/mol. The van der Waals surface area contributed by atoms with Gasteiger partial charge in [0.1, 0.15) is 25.2 Å². The lowest BCUT2D eigenvalue weighted by Crippen LogP contribution is -2.35. The molecule has 0 bridgehead atoms. The second-order valence-electron chi connectivity index (χ2n) is 7.55. The zero-order chi connectivity index (χ0) is 18.5. The van der Waals surface area contributed by atoms with Gasteiger partial charge in [0.15, 0.2) is 0 Å². The maximum absolute atomic E-state index is 13.9. The van der Waals surface area contributed by atoms with Gasteiger partial charge in [-0.05, 0) is 45.1 Å². The Labute approximate surface area is 153 Å². The van der Waals surface area contributed by atoms with Crippen molar-refractivity contribution >= 4 is 14.1 Å². The van der Waals surface area contributed by atoms with Crippen molar-refractivity contribution in [2.45, 2.75) is 63.0 Å². The van der Waals surface area contributed by atoms with Gasteiger partial charge in [0.2, 0.25) is 0 Å². The van der Waals surface area contributed by atoms with Gasteiger partial charge in [0.05, 0.1) is 35.7 Å². The lowest BCUT2D eigenvalue weighted by Gasteiger charge is -2.37. The van der Waals surface area contributed by atoms with Gasteiger partial charge in [0, 0.05) is 12.0 Å². The quantitative estimate of drug-likeness (QED) is 0.833. The highest BCUT2D eigenvalue weighted by atomic mass is 19.1. The van der Waals surface area contributed by atoms with Crippen molar-refractivity contribution < 1.29 is 9.50 Å². The number of aromatic nitrogens is 2. The highest BCUT2D eigenvalue weighted by Crippen LogP contribution is 2.44. The molecule has 1 N–H and O–H groups in total. The molecule has 0 aromatic carbocycles. The molecule has 1 atom stereocenters. The number of halogens is 1. The van der Waals surface area contributed by atoms with Gasteiger partial charge in [-0.15, -0.1) is 0 Å². The van der Waals surface area contributed by atoms with Crippen LogP contribution in [0.25, 0.3) is 0 Å². The summed E-state index contributed by atoms with van der Waals surface area (Å²) in [5, 5.41) is 19.4. The molecule has 1 fully saturated rings. The molecule has 1 aliphatic heterocycles. The molecule has 7 heteroatoms. The van der Waals surface area contributed by atoms with Crippen molar-refractivity contribution in [2.75, 3.05) is 0 Å². The van der Waals surface area contributed by atoms with E-state index >= 15 is 0 Å². The summed E-state index contributed by atoms with van der Waals surface area (Å²) in [5.74, 6) is 0.404. The molecule has 2 radical (unpaired) electrons. The molecule has 2 aliphatic carbocycles. The minimum absolute atomic E-state index is 0.0874. The zero-order valence-electron chi connectivity index (χ0n) is 14.7. The molecule has 132 valence electrons. The van der Waals surface area contributed by atoms with Crippen molar-refractivity contribution in [3.63, 3.8) is 0 Å². The standard InChI is InChI=1S/C19H20BFN4O/c1-11-24-17-10-23-16-9-15(21)14(20)8-13(16)18(17)25(11)12-2-4-19(26,5-3-12)6-7-22/h9-10,12-13,26H,2-6,8H2,1H3. The monoisotopic (exact) mass is 350 g/mol. The molecule has 1 aromatic heterocycles. The lowest BCUT2D eigenvalue weighted by molar-refractivity contribution is -0.00376. The van der Waals surface area contributed by atoms with Crippen molar-refractivity contribution in [1.29, 1.82) is 5.26 Å². The van der Waals surface area contributed by atoms with Gasteiger partial charge in [-0.2, -0.15) is 5.26 Å². The summed E-state index contributed by atoms with van der Waals surface area (Å²) in [6, 6.07) is 2.29. The molecule has 0 saturated heterocycles. The number of rotatable bonds is 2. The number of hydrogen-bond donors (Lipinski definition) is 1. The Bertz CT molecular complexity index is 884. The summed E-state index contributed by atoms with van der Waals surface area (Å²) in [4.78, 5) is 9.03. The van der Waals surface area contributed by atoms with Gasteiger partial charge < -0.3 is 9.67 Å². The molecule has 1 saturated carbocycles. The molecular formula is C19H20BFN4O. The number of imidazole rings is 1. The predicted octanol–water partition coefficient (Wildman–Crippen LogP) is 3.10. The first-order valence-electron chi connectivity index (χ1n) is 9.00. The minimum atomic E-state index is -0.881. The van der Waals surface area contributed by atoms with Crippen LogP contribution in [0.4, 0.5) is 4.39 Å². The SMILES string of the molecule is [B]C1=C(F)C=C2N=Cc3nc(C)n(C4CCC(O)(CC#N)CC4)c3C2C1. The van der Waals surface area contributed by atoms with E-state index in [0.29, 0.717) is 25.0 Å². The van der Waals surface area contributed by atoms with E-state index in [-0.39, 0.29) is 23.9 Å². The second kappa shape index (κ2) is 6.20. The van der Waals surface area contributed by atoms with E-state index in [2.05, 4.69) is 20.6 Å². The second-order valence-corrected chi connectivity index (χ2v) is 7.55. The van der Waals surface area contributed by atoms with Crippen LogP contribution >= 0.6 is 0 Å². The first kappa shape index (κ1) is 17.2. The van der Waals surface area contributed by atoms with Crippen LogP contribution in [-0.4, -0.2) is 34.3 Å². The number of allylic oxidation sites excluding steroid dienone is 4. The summed E-state index contributed by atoms with van der Waals surface area (Å²) < 4.78 is 16.1. The van der Waals surface area contributed by atoms with E-state index in [1.54, 1.807) is 6.21 Å². The van der Waals surface area contributed by atoms with E-state index in [0.717, 1.165) is 30.1 Å². The predicted molar refractivity (Wildman–Crippen MR) is 96.6 cm³/mol. The third-order valence-corrected chi connectivity index (χ3v) is 5.84. The fraction of sp³-hybridized carbons (Fsp3) is 0.526. The number of aliphatic imine (C=N–C) groups is 1. The molecule has 0 amide bonds. The first-order valence-corrected chi connectivity index (χ1v) is 9.00. The number of aliphatic hydroxyl groups is 1. The maximum Gasteiger partial charge on any atom is 0.114 e. The van der Waals surface area contributed by atoms with E-state index < -0.39 is 11.4 Å². The van der Waals surface area contributed by atoms with Crippen molar-refractivity contribution in [3.8, 4) is 6.07 Å². The summed E-state index contributed by atoms with van der Waals surface area (Å²) in [5.41, 5.74) is 1.90. The summed E-state index contributed by atoms with van der Waals surface area (Å²) in [7, 11) is 5.86. The molecule has 1 unspecified atom stereocenters. The number of nitrogens with zero attached hydrogens (tertiary/aromatic N) is 4. The number of hydrogen-bond acceptors (Lipinski definition) is 4. The van der Waals surface area contributed by atoms with Gasteiger partial charge in [-0.25, -0.2) is 9.37 Å². The van der Waals surface area contributed by atoms with Crippen LogP contribution in [0.3, 0.4) is 0 Å². The Morgan fingerprint density at radius 1 is 1.46 bits per heavy atom.